The van der Waals surface area contributed by atoms with E-state index in [-0.39, 0.29) is 17.9 Å². The minimum Gasteiger partial charge on any atom is -0.494 e. The molecule has 0 radical (unpaired) electrons. The van der Waals surface area contributed by atoms with E-state index in [9.17, 15) is 4.39 Å². The van der Waals surface area contributed by atoms with Gasteiger partial charge < -0.3 is 15.2 Å². The van der Waals surface area contributed by atoms with Crippen LogP contribution in [0.5, 0.6) is 5.75 Å². The fourth-order valence-electron chi connectivity index (χ4n) is 1.46. The molecule has 0 heterocycles. The number of hydrogen-bond donors (Lipinski definition) is 1. The Kier molecular flexibility index (Phi) is 5.56. The molecular formula is C14H22FNO2. The van der Waals surface area contributed by atoms with Gasteiger partial charge in [-0.1, -0.05) is 19.9 Å². The van der Waals surface area contributed by atoms with Gasteiger partial charge in [0.05, 0.1) is 25.9 Å². The first-order valence-corrected chi connectivity index (χ1v) is 6.16. The van der Waals surface area contributed by atoms with E-state index in [4.69, 9.17) is 15.2 Å². The van der Waals surface area contributed by atoms with E-state index >= 15 is 0 Å². The van der Waals surface area contributed by atoms with Crippen LogP contribution >= 0.6 is 0 Å². The largest absolute Gasteiger partial charge is 0.494 e. The molecule has 1 aromatic carbocycles. The molecule has 18 heavy (non-hydrogen) atoms. The van der Waals surface area contributed by atoms with Crippen molar-refractivity contribution in [3.8, 4) is 5.75 Å². The van der Waals surface area contributed by atoms with Crippen LogP contribution in [-0.4, -0.2) is 19.8 Å². The van der Waals surface area contributed by atoms with Gasteiger partial charge in [-0.2, -0.15) is 0 Å². The van der Waals surface area contributed by atoms with Gasteiger partial charge in [0.15, 0.2) is 11.6 Å². The van der Waals surface area contributed by atoms with Crippen molar-refractivity contribution in [1.29, 1.82) is 0 Å². The van der Waals surface area contributed by atoms with E-state index in [0.717, 1.165) is 0 Å². The third-order valence-corrected chi connectivity index (χ3v) is 3.08. The third-order valence-electron chi connectivity index (χ3n) is 3.08. The highest BCUT2D eigenvalue weighted by atomic mass is 19.1. The first-order valence-electron chi connectivity index (χ1n) is 6.16. The van der Waals surface area contributed by atoms with Gasteiger partial charge in [0.25, 0.3) is 0 Å². The number of methoxy groups -OCH3 is 1. The van der Waals surface area contributed by atoms with Crippen molar-refractivity contribution >= 4 is 0 Å². The smallest absolute Gasteiger partial charge is 0.165 e. The van der Waals surface area contributed by atoms with Gasteiger partial charge >= 0.3 is 0 Å². The number of halogens is 1. The number of benzene rings is 1. The van der Waals surface area contributed by atoms with Crippen molar-refractivity contribution in [3.63, 3.8) is 0 Å². The quantitative estimate of drug-likeness (QED) is 0.850. The van der Waals surface area contributed by atoms with E-state index in [2.05, 4.69) is 13.8 Å². The maximum Gasteiger partial charge on any atom is 0.165 e. The van der Waals surface area contributed by atoms with Gasteiger partial charge in [0, 0.05) is 0 Å². The molecule has 0 aliphatic heterocycles. The van der Waals surface area contributed by atoms with Crippen LogP contribution in [0.4, 0.5) is 4.39 Å². The third kappa shape index (κ3) is 3.96. The van der Waals surface area contributed by atoms with Gasteiger partial charge in [0.2, 0.25) is 0 Å². The highest BCUT2D eigenvalue weighted by Gasteiger charge is 2.13. The molecule has 102 valence electrons. The average molecular weight is 255 g/mol. The number of nitrogens with two attached hydrogens (primary N) is 1. The molecule has 0 saturated heterocycles. The van der Waals surface area contributed by atoms with Crippen LogP contribution in [0.1, 0.15) is 32.4 Å². The Bertz CT molecular complexity index is 382. The van der Waals surface area contributed by atoms with E-state index in [1.807, 2.05) is 6.92 Å². The van der Waals surface area contributed by atoms with Crippen molar-refractivity contribution in [1.82, 2.24) is 0 Å². The van der Waals surface area contributed by atoms with Gasteiger partial charge in [-0.15, -0.1) is 0 Å². The van der Waals surface area contributed by atoms with Crippen LogP contribution in [-0.2, 0) is 4.74 Å². The molecule has 0 saturated carbocycles. The minimum atomic E-state index is -0.401. The van der Waals surface area contributed by atoms with E-state index < -0.39 is 5.82 Å². The predicted molar refractivity (Wildman–Crippen MR) is 70.1 cm³/mol. The van der Waals surface area contributed by atoms with Crippen LogP contribution in [0.3, 0.4) is 0 Å². The summed E-state index contributed by atoms with van der Waals surface area (Å²) in [6.45, 7) is 6.56. The molecule has 0 spiro atoms. The second kappa shape index (κ2) is 6.71. The summed E-state index contributed by atoms with van der Waals surface area (Å²) in [5.74, 6) is 0.259. The zero-order chi connectivity index (χ0) is 13.7. The standard InChI is InChI=1S/C14H22FNO2/c1-9(2)10(3)18-8-13(16)11-5-6-14(17-4)12(15)7-11/h5-7,9-10,13H,8,16H2,1-4H3. The molecule has 0 aliphatic rings. The van der Waals surface area contributed by atoms with Crippen molar-refractivity contribution in [2.75, 3.05) is 13.7 Å². The zero-order valence-electron chi connectivity index (χ0n) is 11.4. The molecule has 4 heteroatoms. The summed E-state index contributed by atoms with van der Waals surface area (Å²) in [7, 11) is 1.44. The fraction of sp³-hybridized carbons (Fsp3) is 0.571. The lowest BCUT2D eigenvalue weighted by atomic mass is 10.1. The lowest BCUT2D eigenvalue weighted by molar-refractivity contribution is 0.0271. The van der Waals surface area contributed by atoms with E-state index in [1.165, 1.54) is 13.2 Å². The maximum absolute atomic E-state index is 13.5. The van der Waals surface area contributed by atoms with Crippen molar-refractivity contribution < 1.29 is 13.9 Å². The molecule has 0 bridgehead atoms. The van der Waals surface area contributed by atoms with Gasteiger partial charge in [0.1, 0.15) is 0 Å². The summed E-state index contributed by atoms with van der Waals surface area (Å²) in [4.78, 5) is 0. The molecule has 2 N–H and O–H groups in total. The van der Waals surface area contributed by atoms with Gasteiger partial charge in [-0.3, -0.25) is 0 Å². The Morgan fingerprint density at radius 3 is 2.44 bits per heavy atom. The monoisotopic (exact) mass is 255 g/mol. The Morgan fingerprint density at radius 2 is 1.94 bits per heavy atom. The second-order valence-corrected chi connectivity index (χ2v) is 4.78. The lowest BCUT2D eigenvalue weighted by Crippen LogP contribution is -2.23. The number of hydrogen-bond acceptors (Lipinski definition) is 3. The van der Waals surface area contributed by atoms with Crippen molar-refractivity contribution in [3.05, 3.63) is 29.6 Å². The highest BCUT2D eigenvalue weighted by molar-refractivity contribution is 5.30. The Hall–Kier alpha value is -1.13. The minimum absolute atomic E-state index is 0.138. The molecule has 0 fully saturated rings. The highest BCUT2D eigenvalue weighted by Crippen LogP contribution is 2.21. The van der Waals surface area contributed by atoms with Crippen LogP contribution in [0.2, 0.25) is 0 Å². The molecule has 1 rings (SSSR count). The van der Waals surface area contributed by atoms with Crippen LogP contribution in [0.15, 0.2) is 18.2 Å². The average Bonchev–Trinajstić information content (AvgIpc) is 2.35. The molecule has 0 aliphatic carbocycles. The first kappa shape index (κ1) is 14.9. The maximum atomic E-state index is 13.5. The SMILES string of the molecule is COc1ccc(C(N)COC(C)C(C)C)cc1F. The Labute approximate surface area is 108 Å². The van der Waals surface area contributed by atoms with E-state index in [0.29, 0.717) is 18.1 Å². The Balaban J connectivity index is 2.61. The van der Waals surface area contributed by atoms with Crippen molar-refractivity contribution in [2.45, 2.75) is 32.9 Å². The molecule has 2 unspecified atom stereocenters. The summed E-state index contributed by atoms with van der Waals surface area (Å²) in [6, 6.07) is 4.41. The summed E-state index contributed by atoms with van der Waals surface area (Å²) in [5, 5.41) is 0. The molecule has 1 aromatic rings. The topological polar surface area (TPSA) is 44.5 Å². The summed E-state index contributed by atoms with van der Waals surface area (Å²) >= 11 is 0. The summed E-state index contributed by atoms with van der Waals surface area (Å²) < 4.78 is 24.0. The number of ether oxygens (including phenoxy) is 2. The first-order chi connectivity index (χ1) is 8.45. The zero-order valence-corrected chi connectivity index (χ0v) is 11.4. The molecule has 2 atom stereocenters. The van der Waals surface area contributed by atoms with Crippen molar-refractivity contribution in [2.24, 2.45) is 11.7 Å². The van der Waals surface area contributed by atoms with Gasteiger partial charge in [-0.25, -0.2) is 4.39 Å². The fourth-order valence-corrected chi connectivity index (χ4v) is 1.46. The van der Waals surface area contributed by atoms with Gasteiger partial charge in [-0.05, 0) is 30.5 Å². The molecule has 3 nitrogen and oxygen atoms in total. The predicted octanol–water partition coefficient (Wildman–Crippen LogP) is 2.90. The lowest BCUT2D eigenvalue weighted by Gasteiger charge is -2.20. The second-order valence-electron chi connectivity index (χ2n) is 4.78. The summed E-state index contributed by atoms with van der Waals surface area (Å²) in [5.41, 5.74) is 6.68. The normalized spacial score (nSPS) is 14.6. The van der Waals surface area contributed by atoms with E-state index in [1.54, 1.807) is 12.1 Å². The summed E-state index contributed by atoms with van der Waals surface area (Å²) in [6.07, 6.45) is 0.138. The van der Waals surface area contributed by atoms with Crippen LogP contribution in [0, 0.1) is 11.7 Å². The molecule has 0 aromatic heterocycles. The van der Waals surface area contributed by atoms with Crippen LogP contribution in [0.25, 0.3) is 0 Å². The number of rotatable bonds is 6. The molecular weight excluding hydrogens is 233 g/mol. The Morgan fingerprint density at radius 1 is 1.28 bits per heavy atom. The molecule has 0 amide bonds. The van der Waals surface area contributed by atoms with Crippen LogP contribution < -0.4 is 10.5 Å².